The van der Waals surface area contributed by atoms with Gasteiger partial charge in [-0.3, -0.25) is 19.9 Å². The van der Waals surface area contributed by atoms with Crippen LogP contribution in [-0.4, -0.2) is 88.8 Å². The largest absolute Gasteiger partial charge is 1.00 e. The van der Waals surface area contributed by atoms with Crippen LogP contribution in [0.25, 0.3) is 45.6 Å². The van der Waals surface area contributed by atoms with Gasteiger partial charge in [-0.2, -0.15) is 0 Å². The molecule has 0 fully saturated rings. The molecule has 0 aliphatic rings. The van der Waals surface area contributed by atoms with E-state index in [9.17, 15) is 69.1 Å². The molecule has 0 spiro atoms. The zero-order chi connectivity index (χ0) is 50.9. The number of hydrogen-bond acceptors (Lipinski definition) is 12. The van der Waals surface area contributed by atoms with E-state index in [1.165, 1.54) is 25.3 Å². The standard InChI is InChI=1S/4C9H7N3.4Ag.4BF4/c4*1-2-5-11-8(3-1)9-4-6-10-7-12-9;;;;;4*2-1(3,4)5/h4*1-7H;;;;;;;;/q;;;;4*+1;4*-1. The first-order valence-corrected chi connectivity index (χ1v) is 18.1. The van der Waals surface area contributed by atoms with E-state index in [4.69, 9.17) is 0 Å². The summed E-state index contributed by atoms with van der Waals surface area (Å²) in [4.78, 5) is 48.3. The third-order valence-corrected chi connectivity index (χ3v) is 6.04. The Bertz CT molecular complexity index is 1940. The van der Waals surface area contributed by atoms with E-state index in [0.717, 1.165) is 45.6 Å². The maximum absolute atomic E-state index is 9.75. The third-order valence-electron chi connectivity index (χ3n) is 6.04. The fourth-order valence-electron chi connectivity index (χ4n) is 3.83. The van der Waals surface area contributed by atoms with Crippen LogP contribution in [0.1, 0.15) is 0 Å². The Morgan fingerprint density at radius 1 is 0.208 bits per heavy atom. The van der Waals surface area contributed by atoms with Crippen LogP contribution in [0.3, 0.4) is 0 Å². The molecule has 0 saturated heterocycles. The number of aromatic nitrogens is 12. The van der Waals surface area contributed by atoms with E-state index in [2.05, 4.69) is 59.8 Å². The summed E-state index contributed by atoms with van der Waals surface area (Å²) < 4.78 is 156. The molecule has 72 heavy (non-hydrogen) atoms. The van der Waals surface area contributed by atoms with Crippen molar-refractivity contribution >= 4 is 29.0 Å². The van der Waals surface area contributed by atoms with Gasteiger partial charge in [0.15, 0.2) is 0 Å². The molecule has 8 heterocycles. The smallest absolute Gasteiger partial charge is 0.418 e. The third kappa shape index (κ3) is 47.4. The SMILES string of the molecule is F[B-](F)(F)F.F[B-](F)(F)F.F[B-](F)(F)F.F[B-](F)(F)F.[Ag+].[Ag+].[Ag+].[Ag+].c1ccc(-c2ccncn2)nc1.c1ccc(-c2ccncn2)nc1.c1ccc(-c2ccncn2)nc1.c1ccc(-c2ccncn2)nc1. The van der Waals surface area contributed by atoms with Gasteiger partial charge < -0.3 is 69.1 Å². The molecule has 8 aromatic heterocycles. The first-order valence-electron chi connectivity index (χ1n) is 18.1. The Balaban J connectivity index is -0.000000376. The summed E-state index contributed by atoms with van der Waals surface area (Å²) in [5.74, 6) is 0. The van der Waals surface area contributed by atoms with Crippen LogP contribution >= 0.6 is 0 Å². The number of halogens is 16. The van der Waals surface area contributed by atoms with E-state index < -0.39 is 29.0 Å². The Morgan fingerprint density at radius 2 is 0.361 bits per heavy atom. The van der Waals surface area contributed by atoms with Crippen LogP contribution < -0.4 is 0 Å². The van der Waals surface area contributed by atoms with Gasteiger partial charge in [-0.15, -0.1) is 0 Å². The number of rotatable bonds is 4. The van der Waals surface area contributed by atoms with Gasteiger partial charge in [0.05, 0.1) is 45.6 Å². The quantitative estimate of drug-likeness (QED) is 0.122. The average molecular weight is 1410 g/mol. The molecular formula is C36H28Ag4B4F16N12. The van der Waals surface area contributed by atoms with Crippen molar-refractivity contribution in [2.24, 2.45) is 0 Å². The summed E-state index contributed by atoms with van der Waals surface area (Å²) in [6.07, 6.45) is 19.9. The van der Waals surface area contributed by atoms with Crippen LogP contribution in [0.5, 0.6) is 0 Å². The second-order valence-electron chi connectivity index (χ2n) is 11.2. The van der Waals surface area contributed by atoms with Crippen LogP contribution in [0, 0.1) is 0 Å². The molecular weight excluding hydrogens is 1380 g/mol. The zero-order valence-electron chi connectivity index (χ0n) is 35.1. The van der Waals surface area contributed by atoms with Crippen molar-refractivity contribution in [2.45, 2.75) is 0 Å². The Labute approximate surface area is 461 Å². The molecule has 0 unspecified atom stereocenters. The summed E-state index contributed by atoms with van der Waals surface area (Å²) in [5.41, 5.74) is 6.91. The summed E-state index contributed by atoms with van der Waals surface area (Å²) in [6.45, 7) is 0. The molecule has 8 rings (SSSR count). The van der Waals surface area contributed by atoms with E-state index >= 15 is 0 Å². The molecule has 400 valence electrons. The van der Waals surface area contributed by atoms with Crippen LogP contribution in [0.15, 0.2) is 172 Å². The van der Waals surface area contributed by atoms with Gasteiger partial charge >= 0.3 is 119 Å². The summed E-state index contributed by atoms with van der Waals surface area (Å²) in [6, 6.07) is 30.3. The van der Waals surface area contributed by atoms with Crippen molar-refractivity contribution < 1.29 is 159 Å². The molecule has 0 N–H and O–H groups in total. The Morgan fingerprint density at radius 3 is 0.472 bits per heavy atom. The second kappa shape index (κ2) is 40.5. The summed E-state index contributed by atoms with van der Waals surface area (Å²) in [5, 5.41) is 0. The predicted molar refractivity (Wildman–Crippen MR) is 222 cm³/mol. The van der Waals surface area contributed by atoms with Crippen molar-refractivity contribution in [1.29, 1.82) is 0 Å². The summed E-state index contributed by atoms with van der Waals surface area (Å²) >= 11 is 0. The molecule has 0 radical (unpaired) electrons. The fourth-order valence-corrected chi connectivity index (χ4v) is 3.83. The minimum atomic E-state index is -6.00. The minimum Gasteiger partial charge on any atom is -0.418 e. The van der Waals surface area contributed by atoms with Crippen molar-refractivity contribution in [3.05, 3.63) is 172 Å². The topological polar surface area (TPSA) is 155 Å². The van der Waals surface area contributed by atoms with Crippen molar-refractivity contribution in [1.82, 2.24) is 59.8 Å². The second-order valence-corrected chi connectivity index (χ2v) is 11.2. The average Bonchev–Trinajstić information content (AvgIpc) is 3.30. The van der Waals surface area contributed by atoms with Crippen LogP contribution in [0.4, 0.5) is 69.1 Å². The predicted octanol–water partition coefficient (Wildman–Crippen LogP) is 11.3. The van der Waals surface area contributed by atoms with Crippen molar-refractivity contribution in [3.8, 4) is 45.6 Å². The van der Waals surface area contributed by atoms with Gasteiger partial charge in [0, 0.05) is 49.6 Å². The first kappa shape index (κ1) is 73.6. The van der Waals surface area contributed by atoms with Gasteiger partial charge in [0.25, 0.3) is 0 Å². The van der Waals surface area contributed by atoms with E-state index in [0.29, 0.717) is 0 Å². The monoisotopic (exact) mass is 1400 g/mol. The van der Waals surface area contributed by atoms with Crippen molar-refractivity contribution in [2.75, 3.05) is 0 Å². The molecule has 0 bridgehead atoms. The Kier molecular flexibility index (Phi) is 41.4. The van der Waals surface area contributed by atoms with Crippen molar-refractivity contribution in [3.63, 3.8) is 0 Å². The van der Waals surface area contributed by atoms with E-state index in [1.807, 2.05) is 97.1 Å². The van der Waals surface area contributed by atoms with Crippen LogP contribution in [0.2, 0.25) is 0 Å². The summed E-state index contributed by atoms with van der Waals surface area (Å²) in [7, 11) is -24.0. The molecule has 0 aromatic carbocycles. The molecule has 0 aliphatic carbocycles. The van der Waals surface area contributed by atoms with E-state index in [-0.39, 0.29) is 89.5 Å². The number of nitrogens with zero attached hydrogens (tertiary/aromatic N) is 12. The molecule has 8 aromatic rings. The first-order chi connectivity index (χ1) is 31.9. The number of pyridine rings is 4. The fraction of sp³-hybridized carbons (Fsp3) is 0. The van der Waals surface area contributed by atoms with Gasteiger partial charge in [0.2, 0.25) is 0 Å². The molecule has 0 amide bonds. The molecule has 0 aliphatic heterocycles. The molecule has 0 atom stereocenters. The molecule has 36 heteroatoms. The van der Waals surface area contributed by atoms with Crippen LogP contribution in [-0.2, 0) is 89.5 Å². The maximum atomic E-state index is 9.75. The van der Waals surface area contributed by atoms with Gasteiger partial charge in [-0.1, -0.05) is 24.3 Å². The van der Waals surface area contributed by atoms with Gasteiger partial charge in [0.1, 0.15) is 25.3 Å². The normalized spacial score (nSPS) is 9.78. The van der Waals surface area contributed by atoms with Gasteiger partial charge in [-0.25, -0.2) is 39.9 Å². The van der Waals surface area contributed by atoms with Gasteiger partial charge in [-0.05, 0) is 72.8 Å². The number of hydrogen-bond donors (Lipinski definition) is 0. The minimum absolute atomic E-state index is 0. The zero-order valence-corrected chi connectivity index (χ0v) is 41.0. The maximum Gasteiger partial charge on any atom is 1.00 e. The Hall–Kier alpha value is -4.98. The van der Waals surface area contributed by atoms with E-state index in [1.54, 1.807) is 49.6 Å². The molecule has 12 nitrogen and oxygen atoms in total. The molecule has 0 saturated carbocycles.